The van der Waals surface area contributed by atoms with Gasteiger partial charge < -0.3 is 9.15 Å². The second-order valence-electron chi connectivity index (χ2n) is 7.22. The summed E-state index contributed by atoms with van der Waals surface area (Å²) in [4.78, 5) is 4.35. The van der Waals surface area contributed by atoms with Gasteiger partial charge in [0.05, 0.1) is 17.5 Å². The van der Waals surface area contributed by atoms with Crippen molar-refractivity contribution in [3.05, 3.63) is 59.8 Å². The Labute approximate surface area is 155 Å². The second-order valence-corrected chi connectivity index (χ2v) is 7.22. The fourth-order valence-electron chi connectivity index (χ4n) is 4.53. The average Bonchev–Trinajstić information content (AvgIpc) is 3.50. The lowest BCUT2D eigenvalue weighted by atomic mass is 9.93. The molecule has 4 aromatic heterocycles. The van der Waals surface area contributed by atoms with Crippen molar-refractivity contribution in [3.63, 3.8) is 0 Å². The number of nitrogens with zero attached hydrogens (tertiary/aromatic N) is 5. The van der Waals surface area contributed by atoms with Crippen LogP contribution in [0.25, 0.3) is 17.0 Å². The minimum Gasteiger partial charge on any atom is -0.472 e. The Morgan fingerprint density at radius 3 is 2.85 bits per heavy atom. The van der Waals surface area contributed by atoms with E-state index in [1.165, 1.54) is 24.0 Å². The van der Waals surface area contributed by atoms with E-state index in [1.54, 1.807) is 23.2 Å². The Balaban J connectivity index is 1.50. The summed E-state index contributed by atoms with van der Waals surface area (Å²) in [5.74, 6) is 2.39. The standard InChI is InChI=1S/C20H17N5O2/c1-2-7-21-15(3-1)11-27-20-17-13-5-4-12(9-13)16(17)19-23-22-18(25(19)24-20)14-6-8-26-10-14/h1-3,6-8,10,12-13H,4-5,9,11H2. The van der Waals surface area contributed by atoms with Crippen LogP contribution in [0.4, 0.5) is 0 Å². The number of rotatable bonds is 4. The fraction of sp³-hybridized carbons (Fsp3) is 0.300. The van der Waals surface area contributed by atoms with Gasteiger partial charge in [0.1, 0.15) is 12.9 Å². The third kappa shape index (κ3) is 2.21. The Hall–Kier alpha value is -3.22. The van der Waals surface area contributed by atoms with Crippen molar-refractivity contribution in [2.24, 2.45) is 0 Å². The molecule has 4 heterocycles. The normalized spacial score (nSPS) is 20.3. The molecular weight excluding hydrogens is 342 g/mol. The van der Waals surface area contributed by atoms with Gasteiger partial charge in [-0.2, -0.15) is 4.52 Å². The van der Waals surface area contributed by atoms with Gasteiger partial charge >= 0.3 is 0 Å². The van der Waals surface area contributed by atoms with Gasteiger partial charge in [-0.05, 0) is 49.3 Å². The fourth-order valence-corrected chi connectivity index (χ4v) is 4.53. The van der Waals surface area contributed by atoms with E-state index in [-0.39, 0.29) is 0 Å². The van der Waals surface area contributed by atoms with Crippen molar-refractivity contribution in [3.8, 4) is 17.3 Å². The van der Waals surface area contributed by atoms with Gasteiger partial charge in [-0.3, -0.25) is 4.98 Å². The molecule has 0 saturated heterocycles. The van der Waals surface area contributed by atoms with Crippen LogP contribution in [-0.2, 0) is 6.61 Å². The molecule has 134 valence electrons. The van der Waals surface area contributed by atoms with Gasteiger partial charge in [-0.25, -0.2) is 0 Å². The van der Waals surface area contributed by atoms with E-state index >= 15 is 0 Å². The van der Waals surface area contributed by atoms with Crippen LogP contribution in [0.5, 0.6) is 5.88 Å². The zero-order chi connectivity index (χ0) is 17.8. The van der Waals surface area contributed by atoms with E-state index in [9.17, 15) is 0 Å². The molecule has 0 amide bonds. The summed E-state index contributed by atoms with van der Waals surface area (Å²) < 4.78 is 13.2. The molecule has 27 heavy (non-hydrogen) atoms. The Bertz CT molecular complexity index is 1120. The highest BCUT2D eigenvalue weighted by molar-refractivity contribution is 5.65. The van der Waals surface area contributed by atoms with Crippen LogP contribution in [0.15, 0.2) is 47.4 Å². The van der Waals surface area contributed by atoms with Gasteiger partial charge in [0.25, 0.3) is 0 Å². The molecule has 0 aliphatic heterocycles. The quantitative estimate of drug-likeness (QED) is 0.552. The molecule has 2 unspecified atom stereocenters. The van der Waals surface area contributed by atoms with E-state index in [0.717, 1.165) is 23.3 Å². The molecule has 0 aromatic carbocycles. The minimum atomic E-state index is 0.395. The molecule has 2 bridgehead atoms. The molecule has 7 nitrogen and oxygen atoms in total. The largest absolute Gasteiger partial charge is 0.472 e. The summed E-state index contributed by atoms with van der Waals surface area (Å²) in [6.45, 7) is 0.395. The van der Waals surface area contributed by atoms with E-state index in [4.69, 9.17) is 14.3 Å². The van der Waals surface area contributed by atoms with Gasteiger partial charge in [-0.15, -0.1) is 15.3 Å². The van der Waals surface area contributed by atoms with E-state index in [2.05, 4.69) is 15.2 Å². The van der Waals surface area contributed by atoms with Gasteiger partial charge in [0, 0.05) is 17.3 Å². The summed E-state index contributed by atoms with van der Waals surface area (Å²) in [6, 6.07) is 7.69. The Morgan fingerprint density at radius 2 is 2.04 bits per heavy atom. The van der Waals surface area contributed by atoms with Crippen LogP contribution < -0.4 is 4.74 Å². The molecular formula is C20H17N5O2. The summed E-state index contributed by atoms with van der Waals surface area (Å²) in [6.07, 6.45) is 8.61. The van der Waals surface area contributed by atoms with Crippen LogP contribution in [0.3, 0.4) is 0 Å². The third-order valence-corrected chi connectivity index (χ3v) is 5.70. The Morgan fingerprint density at radius 1 is 1.11 bits per heavy atom. The van der Waals surface area contributed by atoms with Crippen molar-refractivity contribution in [2.75, 3.05) is 0 Å². The van der Waals surface area contributed by atoms with Crippen LogP contribution in [-0.4, -0.2) is 24.8 Å². The predicted octanol–water partition coefficient (Wildman–Crippen LogP) is 3.72. The first-order valence-corrected chi connectivity index (χ1v) is 9.23. The van der Waals surface area contributed by atoms with Crippen LogP contribution in [0.2, 0.25) is 0 Å². The summed E-state index contributed by atoms with van der Waals surface area (Å²) in [5, 5.41) is 13.6. The van der Waals surface area contributed by atoms with Crippen molar-refractivity contribution in [1.29, 1.82) is 0 Å². The number of hydrogen-bond donors (Lipinski definition) is 0. The third-order valence-electron chi connectivity index (χ3n) is 5.70. The van der Waals surface area contributed by atoms with E-state index in [1.807, 2.05) is 24.3 Å². The second kappa shape index (κ2) is 5.64. The monoisotopic (exact) mass is 359 g/mol. The van der Waals surface area contributed by atoms with Gasteiger partial charge in [0.15, 0.2) is 11.5 Å². The van der Waals surface area contributed by atoms with Gasteiger partial charge in [-0.1, -0.05) is 6.07 Å². The lowest BCUT2D eigenvalue weighted by Crippen LogP contribution is -2.11. The van der Waals surface area contributed by atoms with Crippen molar-refractivity contribution in [2.45, 2.75) is 37.7 Å². The molecule has 2 atom stereocenters. The molecule has 2 aliphatic carbocycles. The number of fused-ring (bicyclic) bond motifs is 7. The van der Waals surface area contributed by atoms with E-state index < -0.39 is 0 Å². The van der Waals surface area contributed by atoms with Crippen LogP contribution in [0, 0.1) is 0 Å². The first-order chi connectivity index (χ1) is 13.4. The topological polar surface area (TPSA) is 78.3 Å². The first kappa shape index (κ1) is 14.9. The highest BCUT2D eigenvalue weighted by Crippen LogP contribution is 2.56. The van der Waals surface area contributed by atoms with Crippen molar-refractivity contribution >= 4 is 5.65 Å². The Kier molecular flexibility index (Phi) is 3.11. The maximum Gasteiger partial charge on any atom is 0.236 e. The first-order valence-electron chi connectivity index (χ1n) is 9.23. The molecule has 2 aliphatic rings. The van der Waals surface area contributed by atoms with Crippen LogP contribution >= 0.6 is 0 Å². The summed E-state index contributed by atoms with van der Waals surface area (Å²) in [7, 11) is 0. The number of furan rings is 1. The molecule has 7 heteroatoms. The number of ether oxygens (including phenoxy) is 1. The molecule has 1 fully saturated rings. The maximum absolute atomic E-state index is 6.16. The number of aromatic nitrogens is 5. The SMILES string of the molecule is c1ccc(COc2nn3c(-c4ccoc4)nnc3c3c2C2CCC3C2)nc1. The smallest absolute Gasteiger partial charge is 0.236 e. The van der Waals surface area contributed by atoms with Crippen LogP contribution in [0.1, 0.15) is 47.9 Å². The zero-order valence-corrected chi connectivity index (χ0v) is 14.6. The minimum absolute atomic E-state index is 0.395. The lowest BCUT2D eigenvalue weighted by Gasteiger charge is -2.19. The lowest BCUT2D eigenvalue weighted by molar-refractivity contribution is 0.279. The van der Waals surface area contributed by atoms with Crippen molar-refractivity contribution < 1.29 is 9.15 Å². The highest BCUT2D eigenvalue weighted by Gasteiger charge is 2.42. The molecule has 6 rings (SSSR count). The summed E-state index contributed by atoms with van der Waals surface area (Å²) in [5.41, 5.74) is 5.07. The van der Waals surface area contributed by atoms with E-state index in [0.29, 0.717) is 30.1 Å². The molecule has 0 radical (unpaired) electrons. The number of pyridine rings is 1. The molecule has 1 saturated carbocycles. The zero-order valence-electron chi connectivity index (χ0n) is 14.6. The maximum atomic E-state index is 6.16. The van der Waals surface area contributed by atoms with Crippen molar-refractivity contribution in [1.82, 2.24) is 24.8 Å². The summed E-state index contributed by atoms with van der Waals surface area (Å²) >= 11 is 0. The molecule has 0 N–H and O–H groups in total. The van der Waals surface area contributed by atoms with Gasteiger partial charge in [0.2, 0.25) is 5.88 Å². The highest BCUT2D eigenvalue weighted by atomic mass is 16.5. The number of hydrogen-bond acceptors (Lipinski definition) is 6. The molecule has 0 spiro atoms. The predicted molar refractivity (Wildman–Crippen MR) is 96.4 cm³/mol. The molecule has 4 aromatic rings. The average molecular weight is 359 g/mol.